The highest BCUT2D eigenvalue weighted by Crippen LogP contribution is 2.31. The van der Waals surface area contributed by atoms with E-state index in [1.807, 2.05) is 38.1 Å². The van der Waals surface area contributed by atoms with Crippen molar-refractivity contribution in [2.75, 3.05) is 19.0 Å². The van der Waals surface area contributed by atoms with Crippen molar-refractivity contribution in [1.29, 1.82) is 0 Å². The molecule has 0 saturated carbocycles. The zero-order chi connectivity index (χ0) is 24.2. The average molecular weight is 454 g/mol. The van der Waals surface area contributed by atoms with Crippen LogP contribution in [0.1, 0.15) is 40.4 Å². The van der Waals surface area contributed by atoms with Gasteiger partial charge in [0, 0.05) is 11.5 Å². The van der Waals surface area contributed by atoms with Crippen LogP contribution in [0.5, 0.6) is 5.75 Å². The summed E-state index contributed by atoms with van der Waals surface area (Å²) >= 11 is 0. The van der Waals surface area contributed by atoms with Gasteiger partial charge in [0.15, 0.2) is 13.0 Å². The molecule has 4 rings (SSSR count). The van der Waals surface area contributed by atoms with Crippen molar-refractivity contribution in [3.8, 4) is 5.75 Å². The molecule has 0 aliphatic rings. The number of nitrogens with zero attached hydrogens (tertiary/aromatic N) is 2. The fourth-order valence-corrected chi connectivity index (χ4v) is 3.91. The van der Waals surface area contributed by atoms with E-state index in [9.17, 15) is 9.59 Å². The summed E-state index contributed by atoms with van der Waals surface area (Å²) < 4.78 is 10.6. The number of hydrogen-bond donors (Lipinski definition) is 1. The van der Waals surface area contributed by atoms with Crippen LogP contribution in [0.2, 0.25) is 6.32 Å². The second-order valence-electron chi connectivity index (χ2n) is 7.77. The maximum absolute atomic E-state index is 13.3. The molecule has 0 unspecified atom stereocenters. The first-order valence-electron chi connectivity index (χ1n) is 11.2. The summed E-state index contributed by atoms with van der Waals surface area (Å²) in [6.07, 6.45) is 0.831. The lowest BCUT2D eigenvalue weighted by Crippen LogP contribution is -2.21. The normalized spacial score (nSPS) is 10.8. The molecule has 0 spiro atoms. The van der Waals surface area contributed by atoms with Gasteiger partial charge in [-0.25, -0.2) is 14.8 Å². The van der Waals surface area contributed by atoms with E-state index >= 15 is 0 Å². The Labute approximate surface area is 198 Å². The molecule has 0 aliphatic carbocycles. The minimum absolute atomic E-state index is 0.0967. The minimum Gasteiger partial charge on any atom is -0.493 e. The summed E-state index contributed by atoms with van der Waals surface area (Å²) in [6, 6.07) is 14.7. The monoisotopic (exact) mass is 454 g/mol. The van der Waals surface area contributed by atoms with Gasteiger partial charge in [0.1, 0.15) is 11.4 Å². The Morgan fingerprint density at radius 2 is 1.71 bits per heavy atom. The van der Waals surface area contributed by atoms with Crippen LogP contribution in [0.4, 0.5) is 5.69 Å². The van der Waals surface area contributed by atoms with Crippen molar-refractivity contribution in [2.45, 2.75) is 27.1 Å². The number of aryl methyl sites for hydroxylation is 1. The molecule has 0 saturated heterocycles. The van der Waals surface area contributed by atoms with E-state index < -0.39 is 5.97 Å². The molecule has 0 fully saturated rings. The van der Waals surface area contributed by atoms with Gasteiger partial charge < -0.3 is 14.8 Å². The molecule has 2 heterocycles. The van der Waals surface area contributed by atoms with E-state index in [0.29, 0.717) is 34.6 Å². The number of methoxy groups -OCH3 is 1. The number of rotatable bonds is 7. The van der Waals surface area contributed by atoms with Crippen LogP contribution >= 0.6 is 0 Å². The number of carbonyl (C=O) groups is 2. The molecule has 2 aromatic carbocycles. The highest BCUT2D eigenvalue weighted by molar-refractivity contribution is 6.57. The SMILES string of the molecule is CC[B]c1cc(C(=O)Nc2cccc3c(OCC)cc(C(=O)OC)nc23)nc2c(C)cccc12. The average Bonchev–Trinajstić information content (AvgIpc) is 2.84. The van der Waals surface area contributed by atoms with Crippen molar-refractivity contribution in [1.82, 2.24) is 9.97 Å². The fraction of sp³-hybridized carbons (Fsp3) is 0.231. The predicted octanol–water partition coefficient (Wildman–Crippen LogP) is 4.30. The van der Waals surface area contributed by atoms with E-state index in [1.54, 1.807) is 24.3 Å². The number of anilines is 1. The highest BCUT2D eigenvalue weighted by atomic mass is 16.5. The van der Waals surface area contributed by atoms with Crippen molar-refractivity contribution in [2.24, 2.45) is 0 Å². The Morgan fingerprint density at radius 1 is 0.971 bits per heavy atom. The molecular weight excluding hydrogens is 429 g/mol. The molecule has 171 valence electrons. The molecule has 1 N–H and O–H groups in total. The molecule has 4 aromatic rings. The Bertz CT molecular complexity index is 1400. The Balaban J connectivity index is 1.80. The molecule has 0 aliphatic heterocycles. The number of aromatic nitrogens is 2. The lowest BCUT2D eigenvalue weighted by molar-refractivity contribution is 0.0594. The largest absolute Gasteiger partial charge is 0.493 e. The van der Waals surface area contributed by atoms with Crippen molar-refractivity contribution < 1.29 is 19.1 Å². The standard InChI is InChI=1S/C26H25BN3O4/c1-5-27-18-13-20(28-23-15(3)9-7-10-16(18)23)25(31)30-19-12-8-11-17-22(34-6-2)14-21(26(32)33-4)29-24(17)19/h7-14H,5-6H2,1-4H3,(H,30,31). The van der Waals surface area contributed by atoms with Gasteiger partial charge in [-0.05, 0) is 43.0 Å². The summed E-state index contributed by atoms with van der Waals surface area (Å²) in [6.45, 7) is 6.30. The Kier molecular flexibility index (Phi) is 6.77. The number of hydrogen-bond acceptors (Lipinski definition) is 6. The lowest BCUT2D eigenvalue weighted by Gasteiger charge is -2.14. The third-order valence-electron chi connectivity index (χ3n) is 5.47. The highest BCUT2D eigenvalue weighted by Gasteiger charge is 2.18. The van der Waals surface area contributed by atoms with Crippen LogP contribution in [-0.4, -0.2) is 42.8 Å². The van der Waals surface area contributed by atoms with E-state index in [1.165, 1.54) is 7.11 Å². The van der Waals surface area contributed by atoms with Gasteiger partial charge in [0.2, 0.25) is 0 Å². The number of carbonyl (C=O) groups excluding carboxylic acids is 2. The van der Waals surface area contributed by atoms with E-state index in [-0.39, 0.29) is 11.6 Å². The molecule has 1 amide bonds. The Hall–Kier alpha value is -3.94. The van der Waals surface area contributed by atoms with E-state index in [4.69, 9.17) is 9.47 Å². The fourth-order valence-electron chi connectivity index (χ4n) is 3.91. The molecule has 1 radical (unpaired) electrons. The molecule has 0 atom stereocenters. The number of esters is 1. The third kappa shape index (κ3) is 4.44. The zero-order valence-corrected chi connectivity index (χ0v) is 19.6. The maximum Gasteiger partial charge on any atom is 0.356 e. The predicted molar refractivity (Wildman–Crippen MR) is 135 cm³/mol. The maximum atomic E-state index is 13.3. The molecular formula is C26H25BN3O4. The minimum atomic E-state index is -0.588. The molecule has 0 bridgehead atoms. The van der Waals surface area contributed by atoms with Crippen LogP contribution in [0.15, 0.2) is 48.5 Å². The van der Waals surface area contributed by atoms with Gasteiger partial charge in [-0.3, -0.25) is 4.79 Å². The number of benzene rings is 2. The zero-order valence-electron chi connectivity index (χ0n) is 19.6. The van der Waals surface area contributed by atoms with Crippen molar-refractivity contribution >= 4 is 52.1 Å². The third-order valence-corrected chi connectivity index (χ3v) is 5.47. The first-order valence-corrected chi connectivity index (χ1v) is 11.2. The van der Waals surface area contributed by atoms with Gasteiger partial charge in [-0.15, -0.1) is 0 Å². The summed E-state index contributed by atoms with van der Waals surface area (Å²) in [5, 5.41) is 4.61. The Morgan fingerprint density at radius 3 is 2.44 bits per heavy atom. The molecule has 7 nitrogen and oxygen atoms in total. The molecule has 2 aromatic heterocycles. The lowest BCUT2D eigenvalue weighted by atomic mass is 9.66. The number of pyridine rings is 2. The summed E-state index contributed by atoms with van der Waals surface area (Å²) in [4.78, 5) is 34.6. The van der Waals surface area contributed by atoms with Crippen LogP contribution in [-0.2, 0) is 4.74 Å². The molecule has 8 heteroatoms. The van der Waals surface area contributed by atoms with Crippen molar-refractivity contribution in [3.05, 3.63) is 65.5 Å². The van der Waals surface area contributed by atoms with Gasteiger partial charge in [0.25, 0.3) is 5.91 Å². The smallest absolute Gasteiger partial charge is 0.356 e. The van der Waals surface area contributed by atoms with E-state index in [0.717, 1.165) is 28.2 Å². The van der Waals surface area contributed by atoms with Crippen molar-refractivity contribution in [3.63, 3.8) is 0 Å². The summed E-state index contributed by atoms with van der Waals surface area (Å²) in [5.41, 5.74) is 4.02. The van der Waals surface area contributed by atoms with Gasteiger partial charge in [0.05, 0.1) is 30.4 Å². The van der Waals surface area contributed by atoms with Crippen LogP contribution in [0.3, 0.4) is 0 Å². The molecule has 34 heavy (non-hydrogen) atoms. The van der Waals surface area contributed by atoms with Crippen LogP contribution in [0.25, 0.3) is 21.8 Å². The number of ether oxygens (including phenoxy) is 2. The first-order chi connectivity index (χ1) is 16.5. The van der Waals surface area contributed by atoms with Gasteiger partial charge in [-0.2, -0.15) is 0 Å². The topological polar surface area (TPSA) is 90.4 Å². The van der Waals surface area contributed by atoms with Gasteiger partial charge >= 0.3 is 5.97 Å². The first kappa shape index (κ1) is 23.2. The second kappa shape index (κ2) is 9.91. The van der Waals surface area contributed by atoms with Crippen LogP contribution < -0.4 is 15.5 Å². The summed E-state index contributed by atoms with van der Waals surface area (Å²) in [7, 11) is 3.37. The second-order valence-corrected chi connectivity index (χ2v) is 7.77. The van der Waals surface area contributed by atoms with Crippen LogP contribution in [0, 0.1) is 6.92 Å². The number of fused-ring (bicyclic) bond motifs is 2. The van der Waals surface area contributed by atoms with Gasteiger partial charge in [-0.1, -0.05) is 43.0 Å². The number of para-hydroxylation sites is 2. The summed E-state index contributed by atoms with van der Waals surface area (Å²) in [5.74, 6) is -0.467. The quantitative estimate of drug-likeness (QED) is 0.331. The van der Waals surface area contributed by atoms with E-state index in [2.05, 4.69) is 29.5 Å². The number of amides is 1. The number of nitrogens with one attached hydrogen (secondary N) is 1.